The molecule has 0 bridgehead atoms. The molecule has 0 amide bonds. The number of hydrogen-bond donors (Lipinski definition) is 1. The van der Waals surface area contributed by atoms with Crippen LogP contribution in [0.3, 0.4) is 0 Å². The number of piperazine rings is 1. The first-order valence-corrected chi connectivity index (χ1v) is 6.03. The number of rotatable bonds is 3. The third kappa shape index (κ3) is 3.84. The number of anilines is 1. The van der Waals surface area contributed by atoms with E-state index in [2.05, 4.69) is 34.0 Å². The van der Waals surface area contributed by atoms with Gasteiger partial charge in [0.05, 0.1) is 0 Å². The van der Waals surface area contributed by atoms with E-state index >= 15 is 0 Å². The van der Waals surface area contributed by atoms with Crippen molar-refractivity contribution in [3.05, 3.63) is 30.0 Å². The molecule has 92 valence electrons. The standard InChI is InChI=1S/C13H20N4/c1-16-7-9-17(10-8-16)6-2-3-12-4-5-15-13(14)11-12/h2-5,11H,6-10H2,1H3,(H2,14,15)/b3-2+. The van der Waals surface area contributed by atoms with Crippen molar-refractivity contribution in [1.82, 2.24) is 14.8 Å². The van der Waals surface area contributed by atoms with Crippen molar-refractivity contribution >= 4 is 11.9 Å². The molecule has 0 aliphatic carbocycles. The van der Waals surface area contributed by atoms with E-state index in [0.29, 0.717) is 5.82 Å². The van der Waals surface area contributed by atoms with Crippen LogP contribution in [-0.2, 0) is 0 Å². The van der Waals surface area contributed by atoms with Crippen LogP contribution in [0.15, 0.2) is 24.4 Å². The smallest absolute Gasteiger partial charge is 0.123 e. The fraction of sp³-hybridized carbons (Fsp3) is 0.462. The summed E-state index contributed by atoms with van der Waals surface area (Å²) in [6, 6.07) is 3.86. The van der Waals surface area contributed by atoms with Gasteiger partial charge in [-0.05, 0) is 24.7 Å². The molecule has 4 nitrogen and oxygen atoms in total. The number of nitrogen functional groups attached to an aromatic ring is 1. The van der Waals surface area contributed by atoms with Crippen LogP contribution in [0.2, 0.25) is 0 Å². The molecule has 1 aromatic rings. The number of pyridine rings is 1. The van der Waals surface area contributed by atoms with E-state index in [1.54, 1.807) is 6.20 Å². The summed E-state index contributed by atoms with van der Waals surface area (Å²) in [5, 5.41) is 0. The number of aromatic nitrogens is 1. The Morgan fingerprint density at radius 2 is 2.12 bits per heavy atom. The van der Waals surface area contributed by atoms with Gasteiger partial charge in [0.15, 0.2) is 0 Å². The molecule has 2 rings (SSSR count). The Kier molecular flexibility index (Phi) is 4.12. The van der Waals surface area contributed by atoms with Crippen LogP contribution < -0.4 is 5.73 Å². The monoisotopic (exact) mass is 232 g/mol. The van der Waals surface area contributed by atoms with Crippen molar-refractivity contribution in [1.29, 1.82) is 0 Å². The summed E-state index contributed by atoms with van der Waals surface area (Å²) in [7, 11) is 2.17. The zero-order valence-electron chi connectivity index (χ0n) is 10.3. The molecule has 0 saturated carbocycles. The van der Waals surface area contributed by atoms with Crippen LogP contribution in [0.4, 0.5) is 5.82 Å². The van der Waals surface area contributed by atoms with Crippen LogP contribution in [0.1, 0.15) is 5.56 Å². The van der Waals surface area contributed by atoms with Crippen molar-refractivity contribution in [2.75, 3.05) is 45.5 Å². The molecule has 0 unspecified atom stereocenters. The molecule has 1 saturated heterocycles. The van der Waals surface area contributed by atoms with Gasteiger partial charge in [0, 0.05) is 38.9 Å². The minimum absolute atomic E-state index is 0.576. The highest BCUT2D eigenvalue weighted by Gasteiger charge is 2.11. The van der Waals surface area contributed by atoms with Gasteiger partial charge < -0.3 is 10.6 Å². The van der Waals surface area contributed by atoms with Crippen molar-refractivity contribution in [2.24, 2.45) is 0 Å². The second kappa shape index (κ2) is 5.80. The molecule has 0 spiro atoms. The van der Waals surface area contributed by atoms with Crippen molar-refractivity contribution in [3.63, 3.8) is 0 Å². The Hall–Kier alpha value is -1.39. The van der Waals surface area contributed by atoms with Gasteiger partial charge in [-0.15, -0.1) is 0 Å². The van der Waals surface area contributed by atoms with Crippen LogP contribution in [0, 0.1) is 0 Å². The molecule has 17 heavy (non-hydrogen) atoms. The topological polar surface area (TPSA) is 45.4 Å². The minimum Gasteiger partial charge on any atom is -0.384 e. The van der Waals surface area contributed by atoms with Gasteiger partial charge in [0.1, 0.15) is 5.82 Å². The lowest BCUT2D eigenvalue weighted by Gasteiger charge is -2.31. The zero-order chi connectivity index (χ0) is 12.1. The molecule has 2 N–H and O–H groups in total. The SMILES string of the molecule is CN1CCN(C/C=C/c2ccnc(N)c2)CC1. The molecule has 1 aromatic heterocycles. The normalized spacial score (nSPS) is 18.9. The molecule has 1 aliphatic rings. The highest BCUT2D eigenvalue weighted by Crippen LogP contribution is 2.05. The van der Waals surface area contributed by atoms with E-state index in [1.165, 1.54) is 0 Å². The Bertz CT molecular complexity index is 381. The molecular weight excluding hydrogens is 212 g/mol. The van der Waals surface area contributed by atoms with E-state index in [1.807, 2.05) is 12.1 Å². The first-order valence-electron chi connectivity index (χ1n) is 6.03. The van der Waals surface area contributed by atoms with Crippen molar-refractivity contribution < 1.29 is 0 Å². The van der Waals surface area contributed by atoms with Crippen LogP contribution in [0.25, 0.3) is 6.08 Å². The van der Waals surface area contributed by atoms with Crippen LogP contribution >= 0.6 is 0 Å². The van der Waals surface area contributed by atoms with E-state index in [9.17, 15) is 0 Å². The molecule has 4 heteroatoms. The summed E-state index contributed by atoms with van der Waals surface area (Å²) in [5.41, 5.74) is 6.74. The van der Waals surface area contributed by atoms with Crippen LogP contribution in [0.5, 0.6) is 0 Å². The third-order valence-electron chi connectivity index (χ3n) is 3.07. The number of likely N-dealkylation sites (N-methyl/N-ethyl adjacent to an activating group) is 1. The summed E-state index contributed by atoms with van der Waals surface area (Å²) in [4.78, 5) is 8.80. The van der Waals surface area contributed by atoms with Gasteiger partial charge in [-0.1, -0.05) is 12.2 Å². The fourth-order valence-electron chi connectivity index (χ4n) is 1.94. The molecular formula is C13H20N4. The maximum Gasteiger partial charge on any atom is 0.123 e. The fourth-order valence-corrected chi connectivity index (χ4v) is 1.94. The minimum atomic E-state index is 0.576. The molecule has 2 heterocycles. The van der Waals surface area contributed by atoms with Gasteiger partial charge in [0.2, 0.25) is 0 Å². The summed E-state index contributed by atoms with van der Waals surface area (Å²) in [6.07, 6.45) is 6.04. The predicted octanol–water partition coefficient (Wildman–Crippen LogP) is 0.924. The van der Waals surface area contributed by atoms with E-state index < -0.39 is 0 Å². The summed E-state index contributed by atoms with van der Waals surface area (Å²) in [5.74, 6) is 0.576. The van der Waals surface area contributed by atoms with Gasteiger partial charge >= 0.3 is 0 Å². The Morgan fingerprint density at radius 1 is 1.35 bits per heavy atom. The average Bonchev–Trinajstić information content (AvgIpc) is 2.32. The molecule has 0 aromatic carbocycles. The zero-order valence-corrected chi connectivity index (χ0v) is 10.3. The summed E-state index contributed by atoms with van der Waals surface area (Å²) >= 11 is 0. The van der Waals surface area contributed by atoms with E-state index in [4.69, 9.17) is 5.73 Å². The van der Waals surface area contributed by atoms with Gasteiger partial charge in [0.25, 0.3) is 0 Å². The van der Waals surface area contributed by atoms with E-state index in [0.717, 1.165) is 38.3 Å². The number of hydrogen-bond acceptors (Lipinski definition) is 4. The van der Waals surface area contributed by atoms with Gasteiger partial charge in [-0.25, -0.2) is 4.98 Å². The number of nitrogens with zero attached hydrogens (tertiary/aromatic N) is 3. The highest BCUT2D eigenvalue weighted by atomic mass is 15.2. The lowest BCUT2D eigenvalue weighted by atomic mass is 10.2. The maximum atomic E-state index is 5.63. The molecule has 0 radical (unpaired) electrons. The first-order chi connectivity index (χ1) is 8.24. The average molecular weight is 232 g/mol. The van der Waals surface area contributed by atoms with Crippen LogP contribution in [-0.4, -0.2) is 54.6 Å². The Balaban J connectivity index is 1.81. The quantitative estimate of drug-likeness (QED) is 0.842. The second-order valence-corrected chi connectivity index (χ2v) is 4.52. The maximum absolute atomic E-state index is 5.63. The summed E-state index contributed by atoms with van der Waals surface area (Å²) in [6.45, 7) is 5.64. The first kappa shape index (κ1) is 12.1. The van der Waals surface area contributed by atoms with Crippen molar-refractivity contribution in [2.45, 2.75) is 0 Å². The van der Waals surface area contributed by atoms with Gasteiger partial charge in [-0.2, -0.15) is 0 Å². The summed E-state index contributed by atoms with van der Waals surface area (Å²) < 4.78 is 0. The third-order valence-corrected chi connectivity index (χ3v) is 3.07. The number of nitrogens with two attached hydrogens (primary N) is 1. The second-order valence-electron chi connectivity index (χ2n) is 4.52. The molecule has 1 fully saturated rings. The largest absolute Gasteiger partial charge is 0.384 e. The molecule has 0 atom stereocenters. The lowest BCUT2D eigenvalue weighted by Crippen LogP contribution is -2.44. The predicted molar refractivity (Wildman–Crippen MR) is 71.6 cm³/mol. The molecule has 1 aliphatic heterocycles. The highest BCUT2D eigenvalue weighted by molar-refractivity contribution is 5.52. The Morgan fingerprint density at radius 3 is 2.82 bits per heavy atom. The van der Waals surface area contributed by atoms with E-state index in [-0.39, 0.29) is 0 Å². The Labute approximate surface area is 103 Å². The van der Waals surface area contributed by atoms with Crippen molar-refractivity contribution in [3.8, 4) is 0 Å². The lowest BCUT2D eigenvalue weighted by molar-refractivity contribution is 0.167. The van der Waals surface area contributed by atoms with Gasteiger partial charge in [-0.3, -0.25) is 4.90 Å².